The lowest BCUT2D eigenvalue weighted by atomic mass is 10.0. The Bertz CT molecular complexity index is 577. The van der Waals surface area contributed by atoms with Crippen LogP contribution in [0.15, 0.2) is 30.5 Å². The van der Waals surface area contributed by atoms with E-state index < -0.39 is 0 Å². The van der Waals surface area contributed by atoms with E-state index in [1.165, 1.54) is 0 Å². The minimum Gasteiger partial charge on any atom is -0.508 e. The molecule has 1 fully saturated rings. The van der Waals surface area contributed by atoms with Crippen LogP contribution >= 0.6 is 0 Å². The fraction of sp³-hybridized carbons (Fsp3) is 0.357. The van der Waals surface area contributed by atoms with Gasteiger partial charge in [-0.25, -0.2) is 4.98 Å². The third-order valence-corrected chi connectivity index (χ3v) is 3.39. The summed E-state index contributed by atoms with van der Waals surface area (Å²) in [5, 5.41) is 15.0. The predicted octanol–water partition coefficient (Wildman–Crippen LogP) is 2.53. The Kier molecular flexibility index (Phi) is 2.59. The summed E-state index contributed by atoms with van der Waals surface area (Å²) in [6, 6.07) is 7.26. The van der Waals surface area contributed by atoms with Crippen molar-refractivity contribution < 1.29 is 9.84 Å². The van der Waals surface area contributed by atoms with Crippen LogP contribution in [0.3, 0.4) is 0 Å². The van der Waals surface area contributed by atoms with Gasteiger partial charge in [-0.15, -0.1) is 0 Å². The molecule has 0 saturated carbocycles. The number of nitrogens with one attached hydrogen (secondary N) is 1. The van der Waals surface area contributed by atoms with E-state index in [0.29, 0.717) is 6.61 Å². The number of nitrogens with zero attached hydrogens (tertiary/aromatic N) is 1. The normalized spacial score (nSPS) is 23.4. The van der Waals surface area contributed by atoms with E-state index in [-0.39, 0.29) is 11.3 Å². The molecule has 0 amide bonds. The van der Waals surface area contributed by atoms with E-state index in [1.54, 1.807) is 18.3 Å². The number of rotatable bonds is 2. The highest BCUT2D eigenvalue weighted by atomic mass is 16.5. The molecule has 94 valence electrons. The number of anilines is 1. The van der Waals surface area contributed by atoms with Crippen molar-refractivity contribution in [1.82, 2.24) is 4.98 Å². The second-order valence-corrected chi connectivity index (χ2v) is 5.05. The molecule has 4 heteroatoms. The molecule has 1 unspecified atom stereocenters. The topological polar surface area (TPSA) is 54.4 Å². The Morgan fingerprint density at radius 3 is 3.06 bits per heavy atom. The van der Waals surface area contributed by atoms with Crippen molar-refractivity contribution in [3.05, 3.63) is 30.5 Å². The summed E-state index contributed by atoms with van der Waals surface area (Å²) in [6.45, 7) is 3.59. The van der Waals surface area contributed by atoms with Crippen LogP contribution in [0, 0.1) is 0 Å². The Morgan fingerprint density at radius 1 is 1.39 bits per heavy atom. The average molecular weight is 244 g/mol. The van der Waals surface area contributed by atoms with E-state index in [0.717, 1.165) is 29.6 Å². The molecule has 1 aliphatic rings. The van der Waals surface area contributed by atoms with Crippen molar-refractivity contribution in [1.29, 1.82) is 0 Å². The van der Waals surface area contributed by atoms with Gasteiger partial charge >= 0.3 is 0 Å². The van der Waals surface area contributed by atoms with Crippen LogP contribution in [0.1, 0.15) is 13.3 Å². The van der Waals surface area contributed by atoms with Gasteiger partial charge in [-0.1, -0.05) is 6.07 Å². The number of pyridine rings is 1. The highest BCUT2D eigenvalue weighted by molar-refractivity contribution is 5.92. The van der Waals surface area contributed by atoms with Crippen molar-refractivity contribution in [2.24, 2.45) is 0 Å². The maximum absolute atomic E-state index is 9.60. The second-order valence-electron chi connectivity index (χ2n) is 5.05. The molecule has 2 aromatic rings. The van der Waals surface area contributed by atoms with Crippen LogP contribution < -0.4 is 5.32 Å². The van der Waals surface area contributed by atoms with E-state index >= 15 is 0 Å². The first-order valence-electron chi connectivity index (χ1n) is 6.10. The van der Waals surface area contributed by atoms with Gasteiger partial charge in [0.05, 0.1) is 12.1 Å². The first-order chi connectivity index (χ1) is 8.66. The number of phenols is 1. The third kappa shape index (κ3) is 1.99. The zero-order valence-electron chi connectivity index (χ0n) is 10.3. The summed E-state index contributed by atoms with van der Waals surface area (Å²) in [6.07, 6.45) is 2.74. The highest BCUT2D eigenvalue weighted by Gasteiger charge is 2.30. The van der Waals surface area contributed by atoms with Crippen LogP contribution in [0.25, 0.3) is 10.8 Å². The number of ether oxygens (including phenoxy) is 1. The lowest BCUT2D eigenvalue weighted by molar-refractivity contribution is 0.185. The highest BCUT2D eigenvalue weighted by Crippen LogP contribution is 2.29. The summed E-state index contributed by atoms with van der Waals surface area (Å²) >= 11 is 0. The average Bonchev–Trinajstić information content (AvgIpc) is 2.77. The van der Waals surface area contributed by atoms with Gasteiger partial charge in [-0.2, -0.15) is 0 Å². The zero-order valence-corrected chi connectivity index (χ0v) is 10.3. The van der Waals surface area contributed by atoms with E-state index in [2.05, 4.69) is 17.2 Å². The van der Waals surface area contributed by atoms with E-state index in [9.17, 15) is 5.11 Å². The second kappa shape index (κ2) is 4.14. The van der Waals surface area contributed by atoms with Gasteiger partial charge in [0.2, 0.25) is 0 Å². The maximum atomic E-state index is 9.60. The van der Waals surface area contributed by atoms with Crippen molar-refractivity contribution in [3.63, 3.8) is 0 Å². The molecule has 1 atom stereocenters. The summed E-state index contributed by atoms with van der Waals surface area (Å²) in [5.41, 5.74) is -0.0766. The fourth-order valence-corrected chi connectivity index (χ4v) is 2.31. The van der Waals surface area contributed by atoms with Crippen molar-refractivity contribution >= 4 is 16.6 Å². The molecule has 0 radical (unpaired) electrons. The molecular weight excluding hydrogens is 228 g/mol. The van der Waals surface area contributed by atoms with Gasteiger partial charge in [0.1, 0.15) is 11.6 Å². The molecule has 1 aromatic heterocycles. The van der Waals surface area contributed by atoms with Gasteiger partial charge in [-0.05, 0) is 36.9 Å². The number of aromatic nitrogens is 1. The number of phenolic OH excluding ortho intramolecular Hbond substituents is 1. The molecule has 0 aliphatic carbocycles. The largest absolute Gasteiger partial charge is 0.508 e. The fourth-order valence-electron chi connectivity index (χ4n) is 2.31. The number of hydrogen-bond acceptors (Lipinski definition) is 4. The zero-order chi connectivity index (χ0) is 12.6. The van der Waals surface area contributed by atoms with Crippen LogP contribution in [0.4, 0.5) is 5.82 Å². The standard InChI is InChI=1S/C14H16N2O2/c1-14(5-7-18-9-14)16-13-12-8-11(17)3-2-10(12)4-6-15-13/h2-4,6,8,17H,5,7,9H2,1H3,(H,15,16). The minimum atomic E-state index is -0.0766. The van der Waals surface area contributed by atoms with Gasteiger partial charge in [0, 0.05) is 18.2 Å². The lowest BCUT2D eigenvalue weighted by Gasteiger charge is -2.25. The smallest absolute Gasteiger partial charge is 0.134 e. The lowest BCUT2D eigenvalue weighted by Crippen LogP contribution is -2.35. The molecule has 1 saturated heterocycles. The third-order valence-electron chi connectivity index (χ3n) is 3.39. The van der Waals surface area contributed by atoms with Crippen molar-refractivity contribution in [2.45, 2.75) is 18.9 Å². The van der Waals surface area contributed by atoms with Crippen molar-refractivity contribution in [3.8, 4) is 5.75 Å². The molecule has 0 bridgehead atoms. The molecule has 2 N–H and O–H groups in total. The Hall–Kier alpha value is -1.81. The Balaban J connectivity index is 2.03. The number of hydrogen-bond donors (Lipinski definition) is 2. The van der Waals surface area contributed by atoms with Crippen molar-refractivity contribution in [2.75, 3.05) is 18.5 Å². The molecule has 18 heavy (non-hydrogen) atoms. The predicted molar refractivity (Wildman–Crippen MR) is 70.9 cm³/mol. The van der Waals surface area contributed by atoms with Gasteiger partial charge < -0.3 is 15.2 Å². The monoisotopic (exact) mass is 244 g/mol. The summed E-state index contributed by atoms with van der Waals surface area (Å²) < 4.78 is 5.43. The first kappa shape index (κ1) is 11.3. The number of aromatic hydroxyl groups is 1. The molecule has 2 heterocycles. The number of benzene rings is 1. The molecule has 1 aromatic carbocycles. The molecular formula is C14H16N2O2. The molecule has 4 nitrogen and oxygen atoms in total. The van der Waals surface area contributed by atoms with E-state index in [4.69, 9.17) is 4.74 Å². The minimum absolute atomic E-state index is 0.0766. The molecule has 1 aliphatic heterocycles. The summed E-state index contributed by atoms with van der Waals surface area (Å²) in [5.74, 6) is 1.06. The van der Waals surface area contributed by atoms with Crippen LogP contribution in [0.2, 0.25) is 0 Å². The van der Waals surface area contributed by atoms with Crippen LogP contribution in [-0.4, -0.2) is 28.8 Å². The SMILES string of the molecule is CC1(Nc2nccc3ccc(O)cc23)CCOC1. The van der Waals surface area contributed by atoms with Crippen LogP contribution in [-0.2, 0) is 4.74 Å². The van der Waals surface area contributed by atoms with E-state index in [1.807, 2.05) is 12.1 Å². The van der Waals surface area contributed by atoms with Gasteiger partial charge in [-0.3, -0.25) is 0 Å². The van der Waals surface area contributed by atoms with Crippen LogP contribution in [0.5, 0.6) is 5.75 Å². The first-order valence-corrected chi connectivity index (χ1v) is 6.10. The number of fused-ring (bicyclic) bond motifs is 1. The Morgan fingerprint density at radius 2 is 2.28 bits per heavy atom. The maximum Gasteiger partial charge on any atom is 0.134 e. The summed E-state index contributed by atoms with van der Waals surface area (Å²) in [7, 11) is 0. The molecule has 3 rings (SSSR count). The van der Waals surface area contributed by atoms with Gasteiger partial charge in [0.25, 0.3) is 0 Å². The molecule has 0 spiro atoms. The van der Waals surface area contributed by atoms with Gasteiger partial charge in [0.15, 0.2) is 0 Å². The Labute approximate surface area is 106 Å². The quantitative estimate of drug-likeness (QED) is 0.852. The summed E-state index contributed by atoms with van der Waals surface area (Å²) in [4.78, 5) is 4.38.